The number of rotatable bonds is 5. The number of aromatic hydroxyl groups is 1. The van der Waals surface area contributed by atoms with Crippen LogP contribution in [-0.4, -0.2) is 53.7 Å². The molecule has 3 aliphatic carbocycles. The molecule has 1 N–H and O–H groups in total. The molecule has 3 fully saturated rings. The third-order valence-electron chi connectivity index (χ3n) is 9.44. The minimum Gasteiger partial charge on any atom is -0.504 e. The van der Waals surface area contributed by atoms with E-state index in [9.17, 15) is 9.90 Å². The Balaban J connectivity index is 1.55. The quantitative estimate of drug-likeness (QED) is 0.802. The topological polar surface area (TPSA) is 59.0 Å². The number of ketones is 1. The molecule has 2 aliphatic heterocycles. The molecule has 1 spiro atoms. The van der Waals surface area contributed by atoms with Gasteiger partial charge < -0.3 is 14.6 Å². The molecular formula is C25H33NO4. The summed E-state index contributed by atoms with van der Waals surface area (Å²) < 4.78 is 12.8. The number of hydrogen-bond acceptors (Lipinski definition) is 5. The summed E-state index contributed by atoms with van der Waals surface area (Å²) in [6, 6.07) is 4.39. The predicted octanol–water partition coefficient (Wildman–Crippen LogP) is 3.60. The lowest BCUT2D eigenvalue weighted by atomic mass is 9.42. The fraction of sp³-hybridized carbons (Fsp3) is 0.720. The first kappa shape index (κ1) is 19.1. The Labute approximate surface area is 178 Å². The van der Waals surface area contributed by atoms with E-state index in [1.807, 2.05) is 0 Å². The molecule has 30 heavy (non-hydrogen) atoms. The fourth-order valence-corrected chi connectivity index (χ4v) is 7.89. The number of hydrogen-bond donors (Lipinski definition) is 1. The first-order valence-electron chi connectivity index (χ1n) is 11.7. The summed E-state index contributed by atoms with van der Waals surface area (Å²) in [5.41, 5.74) is 1.76. The number of likely N-dealkylation sites (tertiary alicyclic amines) is 1. The Kier molecular flexibility index (Phi) is 3.83. The van der Waals surface area contributed by atoms with E-state index in [0.717, 1.165) is 38.1 Å². The van der Waals surface area contributed by atoms with Gasteiger partial charge in [0, 0.05) is 37.1 Å². The number of ether oxygens (including phenoxy) is 2. The Bertz CT molecular complexity index is 926. The largest absolute Gasteiger partial charge is 0.504 e. The molecule has 5 nitrogen and oxygen atoms in total. The van der Waals surface area contributed by atoms with Gasteiger partial charge in [0.25, 0.3) is 0 Å². The monoisotopic (exact) mass is 411 g/mol. The van der Waals surface area contributed by atoms with Crippen LogP contribution in [0.2, 0.25) is 0 Å². The van der Waals surface area contributed by atoms with E-state index in [1.165, 1.54) is 30.5 Å². The van der Waals surface area contributed by atoms with Gasteiger partial charge in [-0.05, 0) is 75.0 Å². The maximum absolute atomic E-state index is 12.3. The number of Topliss-reactive ketones (excluding diaryl/α,β-unsaturated/α-hetero) is 1. The van der Waals surface area contributed by atoms with Crippen molar-refractivity contribution in [2.24, 2.45) is 11.3 Å². The second-order valence-electron chi connectivity index (χ2n) is 10.9. The summed E-state index contributed by atoms with van der Waals surface area (Å²) in [5, 5.41) is 10.8. The third-order valence-corrected chi connectivity index (χ3v) is 9.44. The number of benzene rings is 1. The molecule has 2 saturated carbocycles. The molecular weight excluding hydrogens is 378 g/mol. The molecule has 0 radical (unpaired) electrons. The molecule has 5 aliphatic rings. The van der Waals surface area contributed by atoms with E-state index in [2.05, 4.69) is 17.9 Å². The minimum atomic E-state index is -0.630. The first-order chi connectivity index (χ1) is 14.3. The van der Waals surface area contributed by atoms with Crippen LogP contribution in [0.5, 0.6) is 11.5 Å². The van der Waals surface area contributed by atoms with E-state index >= 15 is 0 Å². The van der Waals surface area contributed by atoms with E-state index in [-0.39, 0.29) is 28.5 Å². The van der Waals surface area contributed by atoms with E-state index in [0.29, 0.717) is 18.2 Å². The van der Waals surface area contributed by atoms with Gasteiger partial charge in [-0.3, -0.25) is 9.69 Å². The Morgan fingerprint density at radius 3 is 2.80 bits per heavy atom. The van der Waals surface area contributed by atoms with Crippen molar-refractivity contribution >= 4 is 5.78 Å². The van der Waals surface area contributed by atoms with Gasteiger partial charge in [-0.15, -0.1) is 0 Å². The van der Waals surface area contributed by atoms with Gasteiger partial charge >= 0.3 is 0 Å². The number of carbonyl (C=O) groups is 1. The van der Waals surface area contributed by atoms with Crippen LogP contribution in [-0.2, 0) is 21.4 Å². The number of phenols is 1. The van der Waals surface area contributed by atoms with Crippen molar-refractivity contribution in [3.63, 3.8) is 0 Å². The van der Waals surface area contributed by atoms with E-state index < -0.39 is 5.60 Å². The number of phenolic OH excluding ortho intramolecular Hbond substituents is 1. The molecule has 2 heterocycles. The lowest BCUT2D eigenvalue weighted by Crippen LogP contribution is -2.75. The van der Waals surface area contributed by atoms with Gasteiger partial charge in [0.2, 0.25) is 0 Å². The van der Waals surface area contributed by atoms with E-state index in [4.69, 9.17) is 9.47 Å². The highest BCUT2D eigenvalue weighted by Crippen LogP contribution is 2.71. The van der Waals surface area contributed by atoms with Gasteiger partial charge in [0.15, 0.2) is 11.5 Å². The SMILES string of the molecule is CO[C@]1(CC(C)=O)CC[C@]2(C)[C@H]3Cc4ccc(O)c5c4[C@@]2(CCN3CC2CC2)[C@H]1O5. The van der Waals surface area contributed by atoms with Gasteiger partial charge in [-0.2, -0.15) is 0 Å². The van der Waals surface area contributed by atoms with Gasteiger partial charge in [0.05, 0.1) is 0 Å². The van der Waals surface area contributed by atoms with Crippen molar-refractivity contribution in [3.8, 4) is 11.5 Å². The van der Waals surface area contributed by atoms with Gasteiger partial charge in [-0.25, -0.2) is 0 Å². The second kappa shape index (κ2) is 6.01. The van der Waals surface area contributed by atoms with Crippen LogP contribution in [0.4, 0.5) is 0 Å². The molecule has 1 saturated heterocycles. The summed E-state index contributed by atoms with van der Waals surface area (Å²) in [4.78, 5) is 15.1. The van der Waals surface area contributed by atoms with Crippen LogP contribution in [0.1, 0.15) is 63.5 Å². The number of methoxy groups -OCH3 is 1. The molecule has 0 amide bonds. The molecule has 5 atom stereocenters. The molecule has 2 bridgehead atoms. The highest BCUT2D eigenvalue weighted by Gasteiger charge is 2.74. The van der Waals surface area contributed by atoms with Crippen LogP contribution < -0.4 is 4.74 Å². The molecule has 0 unspecified atom stereocenters. The van der Waals surface area contributed by atoms with Crippen LogP contribution in [0, 0.1) is 11.3 Å². The van der Waals surface area contributed by atoms with Gasteiger partial charge in [0.1, 0.15) is 17.5 Å². The molecule has 1 aromatic carbocycles. The smallest absolute Gasteiger partial charge is 0.165 e. The Morgan fingerprint density at radius 2 is 2.10 bits per heavy atom. The lowest BCUT2D eigenvalue weighted by molar-refractivity contribution is -0.207. The highest BCUT2D eigenvalue weighted by atomic mass is 16.6. The molecule has 6 rings (SSSR count). The molecule has 5 heteroatoms. The van der Waals surface area contributed by atoms with Crippen LogP contribution in [0.3, 0.4) is 0 Å². The average Bonchev–Trinajstić information content (AvgIpc) is 3.44. The van der Waals surface area contributed by atoms with Crippen molar-refractivity contribution in [3.05, 3.63) is 23.3 Å². The number of piperidine rings is 1. The highest BCUT2D eigenvalue weighted by molar-refractivity contribution is 5.77. The molecule has 1 aromatic rings. The summed E-state index contributed by atoms with van der Waals surface area (Å²) in [6.07, 6.45) is 6.75. The number of carbonyl (C=O) groups excluding carboxylic acids is 1. The maximum Gasteiger partial charge on any atom is 0.165 e. The van der Waals surface area contributed by atoms with Crippen molar-refractivity contribution in [1.82, 2.24) is 4.90 Å². The zero-order valence-corrected chi connectivity index (χ0v) is 18.4. The summed E-state index contributed by atoms with van der Waals surface area (Å²) in [5.74, 6) is 1.89. The molecule has 162 valence electrons. The maximum atomic E-state index is 12.3. The lowest BCUT2D eigenvalue weighted by Gasteiger charge is -2.67. The second-order valence-corrected chi connectivity index (χ2v) is 10.9. The van der Waals surface area contributed by atoms with E-state index in [1.54, 1.807) is 20.1 Å². The summed E-state index contributed by atoms with van der Waals surface area (Å²) in [7, 11) is 1.73. The van der Waals surface area contributed by atoms with Crippen molar-refractivity contribution in [2.45, 2.75) is 82.0 Å². The zero-order valence-electron chi connectivity index (χ0n) is 18.4. The normalized spacial score (nSPS) is 41.3. The van der Waals surface area contributed by atoms with Crippen molar-refractivity contribution in [2.75, 3.05) is 20.2 Å². The Hall–Kier alpha value is -1.59. The predicted molar refractivity (Wildman–Crippen MR) is 113 cm³/mol. The van der Waals surface area contributed by atoms with Crippen molar-refractivity contribution < 1.29 is 19.4 Å². The molecule has 0 aromatic heterocycles. The van der Waals surface area contributed by atoms with Gasteiger partial charge in [-0.1, -0.05) is 13.0 Å². The zero-order chi connectivity index (χ0) is 20.9. The summed E-state index contributed by atoms with van der Waals surface area (Å²) in [6.45, 7) is 6.39. The minimum absolute atomic E-state index is 0.0513. The standard InChI is InChI=1S/C25H33NO4/c1-15(27)13-24(29-3)9-8-23(2)19-12-17-6-7-18(28)21-20(17)25(23,22(24)30-21)10-11-26(19)14-16-4-5-16/h6-7,16,19,22,28H,4-5,8-14H2,1-3H3/t19-,22+,23-,24+,25+/m1/s1. The van der Waals surface area contributed by atoms with Crippen LogP contribution in [0.25, 0.3) is 0 Å². The Morgan fingerprint density at radius 1 is 1.30 bits per heavy atom. The number of nitrogens with zero attached hydrogens (tertiary/aromatic N) is 1. The van der Waals surface area contributed by atoms with Crippen LogP contribution in [0.15, 0.2) is 12.1 Å². The average molecular weight is 412 g/mol. The third kappa shape index (κ3) is 2.18. The van der Waals surface area contributed by atoms with Crippen molar-refractivity contribution in [1.29, 1.82) is 0 Å². The summed E-state index contributed by atoms with van der Waals surface area (Å²) >= 11 is 0. The van der Waals surface area contributed by atoms with Crippen LogP contribution >= 0.6 is 0 Å². The first-order valence-corrected chi connectivity index (χ1v) is 11.7. The fourth-order valence-electron chi connectivity index (χ4n) is 7.89.